The Balaban J connectivity index is 1.48. The Labute approximate surface area is 157 Å². The Morgan fingerprint density at radius 2 is 1.96 bits per heavy atom. The summed E-state index contributed by atoms with van der Waals surface area (Å²) >= 11 is 5.37. The van der Waals surface area contributed by atoms with Crippen LogP contribution in [0.2, 0.25) is 0 Å². The first-order valence-corrected chi connectivity index (χ1v) is 9.02. The molecule has 0 aromatic heterocycles. The number of hydrogen-bond acceptors (Lipinski definition) is 6. The third-order valence-corrected chi connectivity index (χ3v) is 4.83. The minimum absolute atomic E-state index is 0.125. The number of morpholine rings is 1. The van der Waals surface area contributed by atoms with Crippen molar-refractivity contribution in [2.45, 2.75) is 26.1 Å². The molecule has 0 bridgehead atoms. The summed E-state index contributed by atoms with van der Waals surface area (Å²) in [6.45, 7) is 6.31. The fourth-order valence-electron chi connectivity index (χ4n) is 3.47. The first-order chi connectivity index (χ1) is 12.5. The zero-order chi connectivity index (χ0) is 18.3. The van der Waals surface area contributed by atoms with Crippen LogP contribution in [-0.2, 0) is 9.53 Å². The highest BCUT2D eigenvalue weighted by Crippen LogP contribution is 2.33. The molecule has 0 aliphatic carbocycles. The van der Waals surface area contributed by atoms with Gasteiger partial charge in [-0.25, -0.2) is 0 Å². The van der Waals surface area contributed by atoms with Crippen molar-refractivity contribution in [2.24, 2.45) is 0 Å². The Morgan fingerprint density at radius 3 is 2.73 bits per heavy atom. The summed E-state index contributed by atoms with van der Waals surface area (Å²) in [5.74, 6) is 1.27. The number of fused-ring (bicyclic) bond motifs is 1. The van der Waals surface area contributed by atoms with E-state index in [0.717, 1.165) is 18.7 Å². The van der Waals surface area contributed by atoms with Crippen molar-refractivity contribution in [1.29, 1.82) is 0 Å². The van der Waals surface area contributed by atoms with Gasteiger partial charge in [0, 0.05) is 13.1 Å². The van der Waals surface area contributed by atoms with Crippen molar-refractivity contribution in [2.75, 3.05) is 26.6 Å². The fraction of sp³-hybridized carbons (Fsp3) is 0.444. The Bertz CT molecular complexity index is 772. The third-order valence-electron chi connectivity index (χ3n) is 4.51. The molecule has 2 atom stereocenters. The van der Waals surface area contributed by atoms with E-state index in [4.69, 9.17) is 26.4 Å². The summed E-state index contributed by atoms with van der Waals surface area (Å²) in [6.07, 6.45) is 2.06. The summed E-state index contributed by atoms with van der Waals surface area (Å²) in [6, 6.07) is 5.56. The van der Waals surface area contributed by atoms with Crippen LogP contribution in [0.1, 0.15) is 19.4 Å². The summed E-state index contributed by atoms with van der Waals surface area (Å²) in [4.78, 5) is 16.6. The van der Waals surface area contributed by atoms with Crippen LogP contribution >= 0.6 is 12.2 Å². The molecule has 8 heteroatoms. The zero-order valence-corrected chi connectivity index (χ0v) is 15.5. The van der Waals surface area contributed by atoms with Gasteiger partial charge in [-0.3, -0.25) is 14.6 Å². The summed E-state index contributed by atoms with van der Waals surface area (Å²) in [7, 11) is 0. The van der Waals surface area contributed by atoms with E-state index in [1.807, 2.05) is 32.0 Å². The summed E-state index contributed by atoms with van der Waals surface area (Å²) in [5.41, 5.74) is 1.31. The van der Waals surface area contributed by atoms with Crippen LogP contribution in [0.15, 0.2) is 23.9 Å². The number of ether oxygens (including phenoxy) is 3. The first-order valence-electron chi connectivity index (χ1n) is 8.61. The molecule has 3 aliphatic rings. The van der Waals surface area contributed by atoms with Crippen LogP contribution in [0.4, 0.5) is 0 Å². The highest BCUT2D eigenvalue weighted by Gasteiger charge is 2.33. The molecular weight excluding hydrogens is 354 g/mol. The zero-order valence-electron chi connectivity index (χ0n) is 14.7. The molecule has 3 heterocycles. The Morgan fingerprint density at radius 1 is 1.23 bits per heavy atom. The predicted octanol–water partition coefficient (Wildman–Crippen LogP) is 1.54. The number of carbonyl (C=O) groups is 1. The van der Waals surface area contributed by atoms with Gasteiger partial charge in [-0.05, 0) is 49.8 Å². The first kappa shape index (κ1) is 17.3. The largest absolute Gasteiger partial charge is 0.454 e. The molecule has 138 valence electrons. The molecule has 0 saturated carbocycles. The summed E-state index contributed by atoms with van der Waals surface area (Å²) in [5, 5.41) is 3.45. The lowest BCUT2D eigenvalue weighted by molar-refractivity contribution is -0.126. The molecule has 26 heavy (non-hydrogen) atoms. The molecule has 1 aromatic rings. The van der Waals surface area contributed by atoms with Gasteiger partial charge in [-0.2, -0.15) is 0 Å². The van der Waals surface area contributed by atoms with Gasteiger partial charge in [0.2, 0.25) is 6.79 Å². The predicted molar refractivity (Wildman–Crippen MR) is 99.6 cm³/mol. The second-order valence-corrected chi connectivity index (χ2v) is 7.16. The van der Waals surface area contributed by atoms with Crippen LogP contribution in [0.5, 0.6) is 11.5 Å². The number of hydrogen-bond donors (Lipinski definition) is 1. The molecule has 2 unspecified atom stereocenters. The van der Waals surface area contributed by atoms with Crippen molar-refractivity contribution < 1.29 is 19.0 Å². The molecule has 0 spiro atoms. The average molecular weight is 375 g/mol. The van der Waals surface area contributed by atoms with E-state index >= 15 is 0 Å². The lowest BCUT2D eigenvalue weighted by Gasteiger charge is -2.36. The third kappa shape index (κ3) is 3.40. The number of carbonyl (C=O) groups excluding carboxylic acids is 1. The maximum atomic E-state index is 12.8. The molecule has 1 N–H and O–H groups in total. The number of thiocarbonyl (C=S) groups is 1. The molecule has 0 radical (unpaired) electrons. The van der Waals surface area contributed by atoms with Crippen LogP contribution in [0.3, 0.4) is 0 Å². The topological polar surface area (TPSA) is 63.3 Å². The Hall–Kier alpha value is -2.16. The van der Waals surface area contributed by atoms with Crippen molar-refractivity contribution in [3.8, 4) is 11.5 Å². The molecule has 1 amide bonds. The number of benzene rings is 1. The highest BCUT2D eigenvalue weighted by atomic mass is 32.1. The van der Waals surface area contributed by atoms with Gasteiger partial charge in [-0.15, -0.1) is 0 Å². The number of nitrogens with one attached hydrogen (secondary N) is 1. The lowest BCUT2D eigenvalue weighted by atomic mass is 10.1. The number of nitrogens with zero attached hydrogens (tertiary/aromatic N) is 2. The van der Waals surface area contributed by atoms with Gasteiger partial charge < -0.3 is 19.5 Å². The molecule has 4 rings (SSSR count). The van der Waals surface area contributed by atoms with Crippen molar-refractivity contribution in [1.82, 2.24) is 15.1 Å². The van der Waals surface area contributed by atoms with E-state index in [9.17, 15) is 4.79 Å². The normalized spacial score (nSPS) is 27.3. The fourth-order valence-corrected chi connectivity index (χ4v) is 3.72. The van der Waals surface area contributed by atoms with E-state index in [1.54, 1.807) is 11.0 Å². The standard InChI is InChI=1S/C18H21N3O4S/c1-11-7-20(8-12(2)25-11)9-21-17(22)14(19-18(21)26)5-13-3-4-15-16(6-13)24-10-23-15/h3-6,11-12H,7-10H2,1-2H3,(H,19,26)/b14-5+. The Kier molecular flexibility index (Phi) is 4.56. The molecule has 3 aliphatic heterocycles. The van der Waals surface area contributed by atoms with Gasteiger partial charge >= 0.3 is 0 Å². The van der Waals surface area contributed by atoms with Crippen molar-refractivity contribution >= 4 is 29.3 Å². The second kappa shape index (κ2) is 6.86. The van der Waals surface area contributed by atoms with Gasteiger partial charge in [0.15, 0.2) is 16.6 Å². The molecule has 2 saturated heterocycles. The SMILES string of the molecule is CC1CN(CN2C(=O)/C(=C\c3ccc4c(c3)OCO4)NC2=S)CC(C)O1. The maximum absolute atomic E-state index is 12.8. The highest BCUT2D eigenvalue weighted by molar-refractivity contribution is 7.80. The van der Waals surface area contributed by atoms with Gasteiger partial charge in [-0.1, -0.05) is 6.07 Å². The molecule has 2 fully saturated rings. The van der Waals surface area contributed by atoms with E-state index in [1.165, 1.54) is 0 Å². The molecule has 1 aromatic carbocycles. The van der Waals surface area contributed by atoms with E-state index in [2.05, 4.69) is 10.2 Å². The van der Waals surface area contributed by atoms with Crippen LogP contribution in [0, 0.1) is 0 Å². The number of rotatable bonds is 3. The van der Waals surface area contributed by atoms with Gasteiger partial charge in [0.25, 0.3) is 5.91 Å². The average Bonchev–Trinajstić information content (AvgIpc) is 3.14. The monoisotopic (exact) mass is 375 g/mol. The maximum Gasteiger partial charge on any atom is 0.277 e. The van der Waals surface area contributed by atoms with E-state index in [-0.39, 0.29) is 24.9 Å². The summed E-state index contributed by atoms with van der Waals surface area (Å²) < 4.78 is 16.4. The van der Waals surface area contributed by atoms with Crippen LogP contribution in [-0.4, -0.2) is 59.6 Å². The smallest absolute Gasteiger partial charge is 0.277 e. The number of amides is 1. The van der Waals surface area contributed by atoms with Crippen molar-refractivity contribution in [3.63, 3.8) is 0 Å². The van der Waals surface area contributed by atoms with Gasteiger partial charge in [0.1, 0.15) is 5.70 Å². The minimum atomic E-state index is -0.125. The lowest BCUT2D eigenvalue weighted by Crippen LogP contribution is -2.51. The van der Waals surface area contributed by atoms with Crippen LogP contribution < -0.4 is 14.8 Å². The van der Waals surface area contributed by atoms with E-state index < -0.39 is 0 Å². The molecule has 7 nitrogen and oxygen atoms in total. The molecular formula is C18H21N3O4S. The quantitative estimate of drug-likeness (QED) is 0.635. The minimum Gasteiger partial charge on any atom is -0.454 e. The van der Waals surface area contributed by atoms with Crippen LogP contribution in [0.25, 0.3) is 6.08 Å². The van der Waals surface area contributed by atoms with Gasteiger partial charge in [0.05, 0.1) is 18.9 Å². The van der Waals surface area contributed by atoms with E-state index in [0.29, 0.717) is 29.0 Å². The second-order valence-electron chi connectivity index (χ2n) is 6.77. The van der Waals surface area contributed by atoms with Crippen molar-refractivity contribution in [3.05, 3.63) is 29.5 Å².